The summed E-state index contributed by atoms with van der Waals surface area (Å²) in [6.07, 6.45) is -0.0565. The highest BCUT2D eigenvalue weighted by Crippen LogP contribution is 2.10. The molecule has 1 aromatic rings. The highest BCUT2D eigenvalue weighted by atomic mass is 16.4. The van der Waals surface area contributed by atoms with Gasteiger partial charge in [0.15, 0.2) is 0 Å². The number of hydrogen-bond acceptors (Lipinski definition) is 4. The molecule has 0 bridgehead atoms. The van der Waals surface area contributed by atoms with Gasteiger partial charge in [0.25, 0.3) is 5.91 Å². The Bertz CT molecular complexity index is 548. The van der Waals surface area contributed by atoms with Crippen LogP contribution in [0.15, 0.2) is 29.4 Å². The van der Waals surface area contributed by atoms with Crippen molar-refractivity contribution in [3.8, 4) is 0 Å². The first-order valence-corrected chi connectivity index (χ1v) is 5.06. The zero-order valence-electron chi connectivity index (χ0n) is 9.14. The molecule has 0 saturated heterocycles. The third kappa shape index (κ3) is 2.51. The number of carbonyl (C=O) groups is 3. The second-order valence-corrected chi connectivity index (χ2v) is 3.61. The third-order valence-electron chi connectivity index (χ3n) is 2.30. The van der Waals surface area contributed by atoms with Crippen LogP contribution in [0.1, 0.15) is 16.8 Å². The molecule has 0 spiro atoms. The quantitative estimate of drug-likeness (QED) is 0.708. The van der Waals surface area contributed by atoms with Crippen LogP contribution in [-0.2, 0) is 9.59 Å². The number of benzene rings is 1. The predicted molar refractivity (Wildman–Crippen MR) is 62.2 cm³/mol. The molecule has 2 amide bonds. The highest BCUT2D eigenvalue weighted by molar-refractivity contribution is 6.46. The lowest BCUT2D eigenvalue weighted by Crippen LogP contribution is -2.22. The zero-order chi connectivity index (χ0) is 13.1. The number of carbonyl (C=O) groups excluding carboxylic acids is 2. The first kappa shape index (κ1) is 11.8. The first-order valence-electron chi connectivity index (χ1n) is 5.06. The van der Waals surface area contributed by atoms with Crippen LogP contribution >= 0.6 is 0 Å². The first-order chi connectivity index (χ1) is 8.56. The average molecular weight is 247 g/mol. The van der Waals surface area contributed by atoms with Gasteiger partial charge in [-0.1, -0.05) is 0 Å². The van der Waals surface area contributed by atoms with E-state index in [0.29, 0.717) is 5.69 Å². The molecule has 0 fully saturated rings. The number of anilines is 1. The normalized spacial score (nSPS) is 13.8. The summed E-state index contributed by atoms with van der Waals surface area (Å²) in [5.41, 5.74) is 2.84. The monoisotopic (exact) mass is 247 g/mol. The van der Waals surface area contributed by atoms with Gasteiger partial charge in [-0.05, 0) is 24.3 Å². The molecule has 18 heavy (non-hydrogen) atoms. The van der Waals surface area contributed by atoms with Crippen molar-refractivity contribution in [1.29, 1.82) is 0 Å². The van der Waals surface area contributed by atoms with Crippen LogP contribution in [0.5, 0.6) is 0 Å². The number of carboxylic acid groups (broad SMARTS) is 1. The minimum absolute atomic E-state index is 0.0565. The molecule has 1 aromatic carbocycles. The van der Waals surface area contributed by atoms with Crippen LogP contribution in [0, 0.1) is 0 Å². The summed E-state index contributed by atoms with van der Waals surface area (Å²) in [5, 5.41) is 14.8. The van der Waals surface area contributed by atoms with Crippen molar-refractivity contribution in [1.82, 2.24) is 5.43 Å². The van der Waals surface area contributed by atoms with Gasteiger partial charge in [0.2, 0.25) is 5.91 Å². The lowest BCUT2D eigenvalue weighted by molar-refractivity contribution is -0.119. The van der Waals surface area contributed by atoms with Gasteiger partial charge in [-0.2, -0.15) is 5.10 Å². The summed E-state index contributed by atoms with van der Waals surface area (Å²) in [6, 6.07) is 5.67. The van der Waals surface area contributed by atoms with Crippen molar-refractivity contribution >= 4 is 29.2 Å². The smallest absolute Gasteiger partial charge is 0.335 e. The minimum Gasteiger partial charge on any atom is -0.478 e. The maximum atomic E-state index is 11.6. The predicted octanol–water partition coefficient (Wildman–Crippen LogP) is 0.199. The number of nitrogens with zero attached hydrogens (tertiary/aromatic N) is 1. The SMILES string of the molecule is O=C1CC(C(=O)Nc2ccc(C(=O)O)cc2)=NN1. The molecule has 92 valence electrons. The molecule has 2 rings (SSSR count). The molecule has 7 heteroatoms. The van der Waals surface area contributed by atoms with E-state index in [9.17, 15) is 14.4 Å². The van der Waals surface area contributed by atoms with E-state index in [1.54, 1.807) is 0 Å². The standard InChI is InChI=1S/C11H9N3O4/c15-9-5-8(13-14-9)10(16)12-7-3-1-6(2-4-7)11(17)18/h1-4H,5H2,(H,12,16)(H,14,15)(H,17,18). The van der Waals surface area contributed by atoms with Crippen molar-refractivity contribution in [2.45, 2.75) is 6.42 Å². The summed E-state index contributed by atoms with van der Waals surface area (Å²) in [6.45, 7) is 0. The highest BCUT2D eigenvalue weighted by Gasteiger charge is 2.21. The molecule has 0 radical (unpaired) electrons. The molecular weight excluding hydrogens is 238 g/mol. The van der Waals surface area contributed by atoms with Crippen LogP contribution in [-0.4, -0.2) is 28.6 Å². The second-order valence-electron chi connectivity index (χ2n) is 3.61. The van der Waals surface area contributed by atoms with Crippen LogP contribution in [0.3, 0.4) is 0 Å². The van der Waals surface area contributed by atoms with Gasteiger partial charge in [-0.3, -0.25) is 9.59 Å². The molecule has 1 aliphatic rings. The van der Waals surface area contributed by atoms with E-state index in [2.05, 4.69) is 15.8 Å². The van der Waals surface area contributed by atoms with Crippen LogP contribution in [0.25, 0.3) is 0 Å². The molecule has 0 aromatic heterocycles. The van der Waals surface area contributed by atoms with Crippen LogP contribution < -0.4 is 10.7 Å². The Morgan fingerprint density at radius 3 is 2.44 bits per heavy atom. The summed E-state index contributed by atoms with van der Waals surface area (Å²) >= 11 is 0. The van der Waals surface area contributed by atoms with Gasteiger partial charge >= 0.3 is 5.97 Å². The van der Waals surface area contributed by atoms with E-state index in [1.165, 1.54) is 24.3 Å². The lowest BCUT2D eigenvalue weighted by Gasteiger charge is -2.04. The van der Waals surface area contributed by atoms with Gasteiger partial charge < -0.3 is 10.4 Å². The molecule has 7 nitrogen and oxygen atoms in total. The van der Waals surface area contributed by atoms with Gasteiger partial charge in [0.05, 0.1) is 12.0 Å². The van der Waals surface area contributed by atoms with Crippen LogP contribution in [0.2, 0.25) is 0 Å². The summed E-state index contributed by atoms with van der Waals surface area (Å²) in [4.78, 5) is 33.1. The topological polar surface area (TPSA) is 108 Å². The number of carboxylic acids is 1. The molecule has 0 aliphatic carbocycles. The average Bonchev–Trinajstić information content (AvgIpc) is 2.76. The molecule has 0 saturated carbocycles. The van der Waals surface area contributed by atoms with Gasteiger partial charge in [-0.15, -0.1) is 0 Å². The van der Waals surface area contributed by atoms with E-state index in [-0.39, 0.29) is 23.6 Å². The van der Waals surface area contributed by atoms with Crippen LogP contribution in [0.4, 0.5) is 5.69 Å². The summed E-state index contributed by atoms with van der Waals surface area (Å²) in [5.74, 6) is -1.86. The number of rotatable bonds is 3. The van der Waals surface area contributed by atoms with E-state index in [1.807, 2.05) is 0 Å². The largest absolute Gasteiger partial charge is 0.478 e. The second kappa shape index (κ2) is 4.66. The molecule has 0 atom stereocenters. The molecular formula is C11H9N3O4. The van der Waals surface area contributed by atoms with E-state index >= 15 is 0 Å². The molecule has 1 aliphatic heterocycles. The molecule has 0 unspecified atom stereocenters. The zero-order valence-corrected chi connectivity index (χ0v) is 9.14. The maximum absolute atomic E-state index is 11.6. The maximum Gasteiger partial charge on any atom is 0.335 e. The van der Waals surface area contributed by atoms with Gasteiger partial charge in [-0.25, -0.2) is 10.2 Å². The van der Waals surface area contributed by atoms with Gasteiger partial charge in [0, 0.05) is 5.69 Å². The fraction of sp³-hybridized carbons (Fsp3) is 0.0909. The van der Waals surface area contributed by atoms with Crippen molar-refractivity contribution in [2.75, 3.05) is 5.32 Å². The Balaban J connectivity index is 2.03. The third-order valence-corrected chi connectivity index (χ3v) is 2.30. The Kier molecular flexibility index (Phi) is 3.05. The van der Waals surface area contributed by atoms with Gasteiger partial charge in [0.1, 0.15) is 5.71 Å². The fourth-order valence-electron chi connectivity index (χ4n) is 1.39. The fourth-order valence-corrected chi connectivity index (χ4v) is 1.39. The van der Waals surface area contributed by atoms with E-state index in [4.69, 9.17) is 5.11 Å². The molecule has 3 N–H and O–H groups in total. The molecule has 1 heterocycles. The Hall–Kier alpha value is -2.70. The Morgan fingerprint density at radius 2 is 1.94 bits per heavy atom. The number of amides is 2. The number of aromatic carboxylic acids is 1. The van der Waals surface area contributed by atoms with Crippen molar-refractivity contribution in [3.05, 3.63) is 29.8 Å². The summed E-state index contributed by atoms with van der Waals surface area (Å²) in [7, 11) is 0. The Labute approximate surface area is 101 Å². The number of hydrazone groups is 1. The Morgan fingerprint density at radius 1 is 1.28 bits per heavy atom. The van der Waals surface area contributed by atoms with Crippen molar-refractivity contribution in [3.63, 3.8) is 0 Å². The van der Waals surface area contributed by atoms with E-state index < -0.39 is 11.9 Å². The number of hydrogen-bond donors (Lipinski definition) is 3. The minimum atomic E-state index is -1.04. The van der Waals surface area contributed by atoms with Crippen molar-refractivity contribution in [2.24, 2.45) is 5.10 Å². The number of nitrogens with one attached hydrogen (secondary N) is 2. The lowest BCUT2D eigenvalue weighted by atomic mass is 10.2. The van der Waals surface area contributed by atoms with E-state index in [0.717, 1.165) is 0 Å². The van der Waals surface area contributed by atoms with Crippen molar-refractivity contribution < 1.29 is 19.5 Å². The summed E-state index contributed by atoms with van der Waals surface area (Å²) < 4.78 is 0.